The highest BCUT2D eigenvalue weighted by atomic mass is 16.5. The highest BCUT2D eigenvalue weighted by Crippen LogP contribution is 2.21. The first-order valence-corrected chi connectivity index (χ1v) is 11.9. The lowest BCUT2D eigenvalue weighted by molar-refractivity contribution is -0.117. The van der Waals surface area contributed by atoms with Gasteiger partial charge >= 0.3 is 0 Å². The van der Waals surface area contributed by atoms with Crippen molar-refractivity contribution in [3.63, 3.8) is 0 Å². The quantitative estimate of drug-likeness (QED) is 0.347. The van der Waals surface area contributed by atoms with Crippen molar-refractivity contribution in [2.24, 2.45) is 0 Å². The summed E-state index contributed by atoms with van der Waals surface area (Å²) in [5, 5.41) is 25.6. The molecule has 1 aliphatic rings. The Hall–Kier alpha value is -3.75. The van der Waals surface area contributed by atoms with Crippen LogP contribution in [0.4, 0.5) is 5.69 Å². The molecule has 3 N–H and O–H groups in total. The van der Waals surface area contributed by atoms with Crippen molar-refractivity contribution in [3.05, 3.63) is 84.4 Å². The van der Waals surface area contributed by atoms with Gasteiger partial charge in [-0.3, -0.25) is 4.79 Å². The zero-order chi connectivity index (χ0) is 24.0. The van der Waals surface area contributed by atoms with Gasteiger partial charge in [-0.1, -0.05) is 42.5 Å². The van der Waals surface area contributed by atoms with Crippen LogP contribution in [0.2, 0.25) is 0 Å². The Bertz CT molecular complexity index is 1230. The van der Waals surface area contributed by atoms with Crippen LogP contribution in [0.3, 0.4) is 0 Å². The first kappa shape index (κ1) is 23.0. The lowest BCUT2D eigenvalue weighted by Gasteiger charge is -2.20. The van der Waals surface area contributed by atoms with E-state index in [0.29, 0.717) is 6.04 Å². The summed E-state index contributed by atoms with van der Waals surface area (Å²) in [5.74, 6) is 0.590. The first-order chi connectivity index (χ1) is 17.1. The number of rotatable bonds is 9. The Kier molecular flexibility index (Phi) is 7.02. The second-order valence-electron chi connectivity index (χ2n) is 8.91. The number of amides is 1. The number of carbonyl (C=O) groups is 1. The largest absolute Gasteiger partial charge is 0.491 e. The predicted octanol–water partition coefficient (Wildman–Crippen LogP) is 3.17. The molecule has 0 aliphatic carbocycles. The van der Waals surface area contributed by atoms with E-state index in [-0.39, 0.29) is 25.1 Å². The molecule has 0 radical (unpaired) electrons. The van der Waals surface area contributed by atoms with Crippen molar-refractivity contribution in [1.29, 1.82) is 0 Å². The minimum absolute atomic E-state index is 0.0230. The lowest BCUT2D eigenvalue weighted by atomic mass is 10.0. The van der Waals surface area contributed by atoms with Crippen LogP contribution in [-0.4, -0.2) is 50.8 Å². The van der Waals surface area contributed by atoms with Gasteiger partial charge in [-0.2, -0.15) is 15.0 Å². The first-order valence-electron chi connectivity index (χ1n) is 11.9. The summed E-state index contributed by atoms with van der Waals surface area (Å²) in [6, 6.07) is 25.3. The molecule has 2 heterocycles. The number of ether oxygens (including phenoxy) is 1. The Labute approximate surface area is 203 Å². The van der Waals surface area contributed by atoms with Crippen LogP contribution in [0.1, 0.15) is 18.4 Å². The minimum Gasteiger partial charge on any atom is -0.491 e. The van der Waals surface area contributed by atoms with E-state index in [9.17, 15) is 9.90 Å². The summed E-state index contributed by atoms with van der Waals surface area (Å²) in [6.45, 7) is 0.326. The van der Waals surface area contributed by atoms with Gasteiger partial charge in [0.1, 0.15) is 36.0 Å². The van der Waals surface area contributed by atoms with Crippen LogP contribution >= 0.6 is 0 Å². The smallest absolute Gasteiger partial charge is 0.247 e. The molecule has 3 aromatic carbocycles. The van der Waals surface area contributed by atoms with E-state index in [0.717, 1.165) is 41.7 Å². The SMILES string of the molecule is O=C(Cn1nc2ccccc2n1)Nc1ccc(C[C@@H]2CC[C@H]([C@H](O)COc3ccccc3)N2)cc1. The minimum atomic E-state index is -0.556. The number of aliphatic hydroxyl groups excluding tert-OH is 1. The van der Waals surface area contributed by atoms with Crippen LogP contribution in [0.5, 0.6) is 5.75 Å². The molecule has 1 fully saturated rings. The van der Waals surface area contributed by atoms with Gasteiger partial charge in [-0.15, -0.1) is 0 Å². The van der Waals surface area contributed by atoms with Gasteiger partial charge in [-0.05, 0) is 61.2 Å². The Morgan fingerprint density at radius 3 is 2.40 bits per heavy atom. The number of hydrogen-bond acceptors (Lipinski definition) is 6. The van der Waals surface area contributed by atoms with E-state index in [1.807, 2.05) is 78.9 Å². The molecule has 35 heavy (non-hydrogen) atoms. The highest BCUT2D eigenvalue weighted by Gasteiger charge is 2.29. The average molecular weight is 472 g/mol. The van der Waals surface area contributed by atoms with Crippen molar-refractivity contribution in [1.82, 2.24) is 20.3 Å². The highest BCUT2D eigenvalue weighted by molar-refractivity contribution is 5.90. The summed E-state index contributed by atoms with van der Waals surface area (Å²) in [7, 11) is 0. The fourth-order valence-electron chi connectivity index (χ4n) is 4.44. The van der Waals surface area contributed by atoms with E-state index in [2.05, 4.69) is 20.8 Å². The number of nitrogens with zero attached hydrogens (tertiary/aromatic N) is 3. The molecule has 0 saturated carbocycles. The van der Waals surface area contributed by atoms with E-state index in [1.165, 1.54) is 10.4 Å². The Morgan fingerprint density at radius 2 is 1.69 bits per heavy atom. The summed E-state index contributed by atoms with van der Waals surface area (Å²) in [6.07, 6.45) is 2.21. The topological polar surface area (TPSA) is 101 Å². The third-order valence-electron chi connectivity index (χ3n) is 6.24. The normalized spacial score (nSPS) is 18.4. The van der Waals surface area contributed by atoms with E-state index < -0.39 is 6.10 Å². The van der Waals surface area contributed by atoms with E-state index in [4.69, 9.17) is 4.74 Å². The molecule has 1 aromatic heterocycles. The maximum absolute atomic E-state index is 12.4. The number of aromatic nitrogens is 3. The molecule has 1 aliphatic heterocycles. The maximum Gasteiger partial charge on any atom is 0.247 e. The third kappa shape index (κ3) is 6.03. The van der Waals surface area contributed by atoms with Crippen LogP contribution in [0.25, 0.3) is 11.0 Å². The second kappa shape index (κ2) is 10.7. The molecule has 8 heteroatoms. The predicted molar refractivity (Wildman–Crippen MR) is 134 cm³/mol. The van der Waals surface area contributed by atoms with Gasteiger partial charge in [0.05, 0.1) is 0 Å². The molecular formula is C27H29N5O3. The fourth-order valence-corrected chi connectivity index (χ4v) is 4.44. The fraction of sp³-hybridized carbons (Fsp3) is 0.296. The summed E-state index contributed by atoms with van der Waals surface area (Å²) < 4.78 is 5.70. The van der Waals surface area contributed by atoms with Crippen molar-refractivity contribution in [2.45, 2.75) is 44.0 Å². The molecule has 0 spiro atoms. The van der Waals surface area contributed by atoms with Gasteiger partial charge in [0.15, 0.2) is 0 Å². The summed E-state index contributed by atoms with van der Waals surface area (Å²) >= 11 is 0. The number of para-hydroxylation sites is 1. The molecule has 1 saturated heterocycles. The van der Waals surface area contributed by atoms with Crippen LogP contribution < -0.4 is 15.4 Å². The van der Waals surface area contributed by atoms with Crippen molar-refractivity contribution >= 4 is 22.6 Å². The van der Waals surface area contributed by atoms with Crippen molar-refractivity contribution < 1.29 is 14.6 Å². The molecule has 4 aromatic rings. The summed E-state index contributed by atoms with van der Waals surface area (Å²) in [4.78, 5) is 13.8. The third-order valence-corrected chi connectivity index (χ3v) is 6.24. The number of carbonyl (C=O) groups excluding carboxylic acids is 1. The zero-order valence-electron chi connectivity index (χ0n) is 19.4. The molecular weight excluding hydrogens is 442 g/mol. The Balaban J connectivity index is 1.07. The number of hydrogen-bond donors (Lipinski definition) is 3. The standard InChI is InChI=1S/C27H29N5O3/c33-26(18-35-22-6-2-1-3-7-22)25-15-14-21(28-25)16-19-10-12-20(13-11-19)29-27(34)17-32-30-23-8-4-5-9-24(23)31-32/h1-13,21,25-26,28,33H,14-18H2,(H,29,34)/t21-,25+,26+/m0/s1. The van der Waals surface area contributed by atoms with E-state index in [1.54, 1.807) is 0 Å². The maximum atomic E-state index is 12.4. The van der Waals surface area contributed by atoms with Crippen LogP contribution in [-0.2, 0) is 17.8 Å². The Morgan fingerprint density at radius 1 is 1.00 bits per heavy atom. The van der Waals surface area contributed by atoms with Gasteiger partial charge < -0.3 is 20.5 Å². The number of anilines is 1. The molecule has 1 amide bonds. The van der Waals surface area contributed by atoms with E-state index >= 15 is 0 Å². The molecule has 0 bridgehead atoms. The van der Waals surface area contributed by atoms with Crippen molar-refractivity contribution in [3.8, 4) is 5.75 Å². The molecule has 0 unspecified atom stereocenters. The van der Waals surface area contributed by atoms with Crippen LogP contribution in [0, 0.1) is 0 Å². The second-order valence-corrected chi connectivity index (χ2v) is 8.91. The zero-order valence-corrected chi connectivity index (χ0v) is 19.4. The number of nitrogens with one attached hydrogen (secondary N) is 2. The van der Waals surface area contributed by atoms with Gasteiger partial charge in [-0.25, -0.2) is 0 Å². The lowest BCUT2D eigenvalue weighted by Crippen LogP contribution is -2.42. The van der Waals surface area contributed by atoms with Gasteiger partial charge in [0.25, 0.3) is 0 Å². The number of aliphatic hydroxyl groups is 1. The molecule has 5 rings (SSSR count). The van der Waals surface area contributed by atoms with Gasteiger partial charge in [0, 0.05) is 17.8 Å². The van der Waals surface area contributed by atoms with Crippen LogP contribution in [0.15, 0.2) is 78.9 Å². The number of benzene rings is 3. The monoisotopic (exact) mass is 471 g/mol. The average Bonchev–Trinajstić information content (AvgIpc) is 3.51. The van der Waals surface area contributed by atoms with Crippen molar-refractivity contribution in [2.75, 3.05) is 11.9 Å². The molecule has 3 atom stereocenters. The number of fused-ring (bicyclic) bond motifs is 1. The summed E-state index contributed by atoms with van der Waals surface area (Å²) in [5.41, 5.74) is 3.45. The molecule has 180 valence electrons. The molecule has 8 nitrogen and oxygen atoms in total. The van der Waals surface area contributed by atoms with Gasteiger partial charge in [0.2, 0.25) is 5.91 Å².